The van der Waals surface area contributed by atoms with Crippen molar-refractivity contribution in [1.82, 2.24) is 14.5 Å². The highest BCUT2D eigenvalue weighted by molar-refractivity contribution is 7.71. The number of nitrogens with zero attached hydrogens (tertiary/aromatic N) is 2. The molecule has 0 fully saturated rings. The quantitative estimate of drug-likeness (QED) is 0.862. The maximum atomic E-state index is 12.2. The van der Waals surface area contributed by atoms with Gasteiger partial charge in [-0.05, 0) is 38.2 Å². The summed E-state index contributed by atoms with van der Waals surface area (Å²) < 4.78 is 7.65. The molecule has 0 aliphatic heterocycles. The minimum atomic E-state index is 0.0646. The Morgan fingerprint density at radius 3 is 2.70 bits per heavy atom. The van der Waals surface area contributed by atoms with Gasteiger partial charge >= 0.3 is 0 Å². The van der Waals surface area contributed by atoms with Crippen LogP contribution >= 0.6 is 12.2 Å². The SMILES string of the molecule is CCN(CC)C(=O)Cn1c(=S)[nH]c2c(OC)cccc21. The second kappa shape index (κ2) is 6.09. The average molecular weight is 293 g/mol. The molecule has 6 heteroatoms. The second-order valence-corrected chi connectivity index (χ2v) is 4.82. The minimum Gasteiger partial charge on any atom is -0.494 e. The Morgan fingerprint density at radius 2 is 2.10 bits per heavy atom. The number of nitrogens with one attached hydrogen (secondary N) is 1. The van der Waals surface area contributed by atoms with E-state index in [0.717, 1.165) is 16.8 Å². The number of aromatic nitrogens is 2. The van der Waals surface area contributed by atoms with E-state index >= 15 is 0 Å². The van der Waals surface area contributed by atoms with Crippen LogP contribution in [0.2, 0.25) is 0 Å². The zero-order chi connectivity index (χ0) is 14.7. The molecule has 0 aliphatic rings. The molecule has 108 valence electrons. The van der Waals surface area contributed by atoms with Gasteiger partial charge in [0.2, 0.25) is 5.91 Å². The number of para-hydroxylation sites is 1. The molecule has 0 atom stereocenters. The molecule has 0 spiro atoms. The number of hydrogen-bond acceptors (Lipinski definition) is 3. The van der Waals surface area contributed by atoms with Gasteiger partial charge in [-0.3, -0.25) is 4.79 Å². The van der Waals surface area contributed by atoms with Crippen LogP contribution in [0.4, 0.5) is 0 Å². The molecule has 1 aromatic heterocycles. The fourth-order valence-electron chi connectivity index (χ4n) is 2.29. The van der Waals surface area contributed by atoms with Gasteiger partial charge in [0.05, 0.1) is 12.6 Å². The number of fused-ring (bicyclic) bond motifs is 1. The number of benzene rings is 1. The van der Waals surface area contributed by atoms with Gasteiger partial charge in [-0.15, -0.1) is 0 Å². The highest BCUT2D eigenvalue weighted by atomic mass is 32.1. The normalized spacial score (nSPS) is 10.8. The third-order valence-electron chi connectivity index (χ3n) is 3.40. The molecule has 1 amide bonds. The van der Waals surface area contributed by atoms with Crippen molar-refractivity contribution in [1.29, 1.82) is 0 Å². The molecule has 0 bridgehead atoms. The summed E-state index contributed by atoms with van der Waals surface area (Å²) in [6.07, 6.45) is 0. The number of H-pyrrole nitrogens is 1. The van der Waals surface area contributed by atoms with Gasteiger partial charge in [0.15, 0.2) is 4.77 Å². The summed E-state index contributed by atoms with van der Waals surface area (Å²) in [6.45, 7) is 5.59. The lowest BCUT2D eigenvalue weighted by molar-refractivity contribution is -0.131. The first-order chi connectivity index (χ1) is 9.62. The number of aromatic amines is 1. The van der Waals surface area contributed by atoms with Gasteiger partial charge in [0.25, 0.3) is 0 Å². The highest BCUT2D eigenvalue weighted by Crippen LogP contribution is 2.24. The third kappa shape index (κ3) is 2.56. The van der Waals surface area contributed by atoms with Crippen molar-refractivity contribution in [3.63, 3.8) is 0 Å². The van der Waals surface area contributed by atoms with E-state index < -0.39 is 0 Å². The Bertz CT molecular complexity index is 671. The van der Waals surface area contributed by atoms with Gasteiger partial charge in [-0.2, -0.15) is 0 Å². The van der Waals surface area contributed by atoms with Crippen LogP contribution in [-0.2, 0) is 11.3 Å². The zero-order valence-electron chi connectivity index (χ0n) is 12.0. The molecule has 1 N–H and O–H groups in total. The lowest BCUT2D eigenvalue weighted by Gasteiger charge is -2.19. The van der Waals surface area contributed by atoms with Crippen LogP contribution in [-0.4, -0.2) is 40.6 Å². The summed E-state index contributed by atoms with van der Waals surface area (Å²) in [5.74, 6) is 0.789. The number of ether oxygens (including phenoxy) is 1. The van der Waals surface area contributed by atoms with E-state index in [2.05, 4.69) is 4.98 Å². The zero-order valence-corrected chi connectivity index (χ0v) is 12.8. The summed E-state index contributed by atoms with van der Waals surface area (Å²) in [6, 6.07) is 5.69. The van der Waals surface area contributed by atoms with Crippen LogP contribution < -0.4 is 4.74 Å². The van der Waals surface area contributed by atoms with Crippen LogP contribution in [0.15, 0.2) is 18.2 Å². The van der Waals surface area contributed by atoms with E-state index in [9.17, 15) is 4.79 Å². The third-order valence-corrected chi connectivity index (χ3v) is 3.72. The molecule has 0 saturated heterocycles. The number of carbonyl (C=O) groups is 1. The van der Waals surface area contributed by atoms with Crippen molar-refractivity contribution < 1.29 is 9.53 Å². The average Bonchev–Trinajstić information content (AvgIpc) is 2.76. The number of likely N-dealkylation sites (N-methyl/N-ethyl adjacent to an activating group) is 1. The van der Waals surface area contributed by atoms with Crippen LogP contribution in [0.5, 0.6) is 5.75 Å². The fourth-order valence-corrected chi connectivity index (χ4v) is 2.56. The maximum absolute atomic E-state index is 12.2. The molecule has 20 heavy (non-hydrogen) atoms. The number of rotatable bonds is 5. The fraction of sp³-hybridized carbons (Fsp3) is 0.429. The number of carbonyl (C=O) groups excluding carboxylic acids is 1. The highest BCUT2D eigenvalue weighted by Gasteiger charge is 2.14. The minimum absolute atomic E-state index is 0.0646. The number of methoxy groups -OCH3 is 1. The Balaban J connectivity index is 2.43. The van der Waals surface area contributed by atoms with Crippen molar-refractivity contribution in [3.8, 4) is 5.75 Å². The summed E-state index contributed by atoms with van der Waals surface area (Å²) in [5.41, 5.74) is 1.71. The first-order valence-corrected chi connectivity index (χ1v) is 7.06. The van der Waals surface area contributed by atoms with Crippen molar-refractivity contribution in [2.75, 3.05) is 20.2 Å². The maximum Gasteiger partial charge on any atom is 0.242 e. The number of hydrogen-bond donors (Lipinski definition) is 1. The van der Waals surface area contributed by atoms with E-state index in [1.165, 1.54) is 0 Å². The molecule has 0 saturated carbocycles. The number of amides is 1. The molecule has 1 heterocycles. The number of imidazole rings is 1. The Kier molecular flexibility index (Phi) is 4.44. The van der Waals surface area contributed by atoms with Gasteiger partial charge < -0.3 is 19.2 Å². The van der Waals surface area contributed by atoms with Crippen LogP contribution in [0.25, 0.3) is 11.0 Å². The second-order valence-electron chi connectivity index (χ2n) is 4.44. The van der Waals surface area contributed by atoms with Gasteiger partial charge in [-0.1, -0.05) is 6.07 Å². The molecular formula is C14H19N3O2S. The molecule has 1 aromatic carbocycles. The predicted molar refractivity (Wildman–Crippen MR) is 81.6 cm³/mol. The summed E-state index contributed by atoms with van der Waals surface area (Å²) in [4.78, 5) is 17.1. The Morgan fingerprint density at radius 1 is 1.40 bits per heavy atom. The Hall–Kier alpha value is -1.82. The van der Waals surface area contributed by atoms with E-state index in [-0.39, 0.29) is 12.5 Å². The molecule has 0 unspecified atom stereocenters. The van der Waals surface area contributed by atoms with E-state index in [0.29, 0.717) is 17.9 Å². The molecule has 2 aromatic rings. The molecule has 0 radical (unpaired) electrons. The van der Waals surface area contributed by atoms with Crippen LogP contribution in [0, 0.1) is 4.77 Å². The predicted octanol–water partition coefficient (Wildman–Crippen LogP) is 2.58. The lowest BCUT2D eigenvalue weighted by Crippen LogP contribution is -2.33. The molecule has 0 aliphatic carbocycles. The summed E-state index contributed by atoms with van der Waals surface area (Å²) in [7, 11) is 1.62. The summed E-state index contributed by atoms with van der Waals surface area (Å²) in [5, 5.41) is 0. The van der Waals surface area contributed by atoms with Crippen molar-refractivity contribution in [2.45, 2.75) is 20.4 Å². The van der Waals surface area contributed by atoms with Crippen molar-refractivity contribution >= 4 is 29.2 Å². The monoisotopic (exact) mass is 293 g/mol. The lowest BCUT2D eigenvalue weighted by atomic mass is 10.3. The van der Waals surface area contributed by atoms with Gasteiger partial charge in [0.1, 0.15) is 17.8 Å². The van der Waals surface area contributed by atoms with Gasteiger partial charge in [-0.25, -0.2) is 0 Å². The first-order valence-electron chi connectivity index (χ1n) is 6.65. The van der Waals surface area contributed by atoms with E-state index in [4.69, 9.17) is 17.0 Å². The van der Waals surface area contributed by atoms with E-state index in [1.54, 1.807) is 12.0 Å². The first kappa shape index (κ1) is 14.6. The Labute approximate surface area is 123 Å². The molecule has 2 rings (SSSR count). The molecular weight excluding hydrogens is 274 g/mol. The van der Waals surface area contributed by atoms with Crippen molar-refractivity contribution in [2.24, 2.45) is 0 Å². The van der Waals surface area contributed by atoms with Gasteiger partial charge in [0, 0.05) is 13.1 Å². The van der Waals surface area contributed by atoms with Crippen molar-refractivity contribution in [3.05, 3.63) is 23.0 Å². The van der Waals surface area contributed by atoms with Crippen LogP contribution in [0.1, 0.15) is 13.8 Å². The standard InChI is InChI=1S/C14H19N3O2S/c1-4-16(5-2)12(18)9-17-10-7-6-8-11(19-3)13(10)15-14(17)20/h6-8H,4-5,9H2,1-3H3,(H,15,20). The topological polar surface area (TPSA) is 50.3 Å². The molecule has 5 nitrogen and oxygen atoms in total. The smallest absolute Gasteiger partial charge is 0.242 e. The largest absolute Gasteiger partial charge is 0.494 e. The summed E-state index contributed by atoms with van der Waals surface area (Å²) >= 11 is 5.32. The van der Waals surface area contributed by atoms with E-state index in [1.807, 2.05) is 36.6 Å². The van der Waals surface area contributed by atoms with Crippen LogP contribution in [0.3, 0.4) is 0 Å².